The highest BCUT2D eigenvalue weighted by molar-refractivity contribution is 6.00. The number of imide groups is 1. The highest BCUT2D eigenvalue weighted by Crippen LogP contribution is 2.19. The van der Waals surface area contributed by atoms with Crippen molar-refractivity contribution >= 4 is 11.8 Å². The molecule has 4 nitrogen and oxygen atoms in total. The lowest BCUT2D eigenvalue weighted by molar-refractivity contribution is -0.149. The van der Waals surface area contributed by atoms with Crippen molar-refractivity contribution in [1.82, 2.24) is 10.2 Å². The van der Waals surface area contributed by atoms with Crippen LogP contribution in [0.4, 0.5) is 0 Å². The molecule has 0 saturated carbocycles. The van der Waals surface area contributed by atoms with E-state index in [1.54, 1.807) is 6.92 Å². The van der Waals surface area contributed by atoms with Gasteiger partial charge in [0.1, 0.15) is 0 Å². The third-order valence-corrected chi connectivity index (χ3v) is 2.58. The second-order valence-electron chi connectivity index (χ2n) is 5.30. The van der Waals surface area contributed by atoms with Crippen LogP contribution in [-0.2, 0) is 9.59 Å². The molecule has 15 heavy (non-hydrogen) atoms. The molecule has 1 rings (SSSR count). The molecule has 1 fully saturated rings. The first-order valence-electron chi connectivity index (χ1n) is 5.39. The number of rotatable bonds is 2. The Balaban J connectivity index is 2.58. The molecule has 1 aliphatic rings. The highest BCUT2D eigenvalue weighted by atomic mass is 16.2. The first-order chi connectivity index (χ1) is 6.81. The quantitative estimate of drug-likeness (QED) is 0.688. The van der Waals surface area contributed by atoms with Gasteiger partial charge in [-0.2, -0.15) is 0 Å². The van der Waals surface area contributed by atoms with Crippen LogP contribution in [0.25, 0.3) is 0 Å². The second kappa shape index (κ2) is 4.31. The minimum absolute atomic E-state index is 0.101. The van der Waals surface area contributed by atoms with E-state index < -0.39 is 0 Å². The van der Waals surface area contributed by atoms with Crippen LogP contribution >= 0.6 is 0 Å². The van der Waals surface area contributed by atoms with E-state index in [1.165, 1.54) is 4.90 Å². The molecule has 1 aliphatic heterocycles. The van der Waals surface area contributed by atoms with Crippen LogP contribution in [0, 0.1) is 5.41 Å². The van der Waals surface area contributed by atoms with Gasteiger partial charge in [-0.3, -0.25) is 19.8 Å². The fraction of sp³-hybridized carbons (Fsp3) is 0.818. The number of carbonyl (C=O) groups excluding carboxylic acids is 2. The van der Waals surface area contributed by atoms with Crippen molar-refractivity contribution in [2.24, 2.45) is 5.41 Å². The number of nitrogens with zero attached hydrogens (tertiary/aromatic N) is 1. The van der Waals surface area contributed by atoms with Gasteiger partial charge in [0.2, 0.25) is 11.8 Å². The zero-order valence-corrected chi connectivity index (χ0v) is 9.96. The molecule has 0 aliphatic carbocycles. The minimum atomic E-state index is -0.234. The largest absolute Gasteiger partial charge is 0.298 e. The summed E-state index contributed by atoms with van der Waals surface area (Å²) in [5.41, 5.74) is 0.147. The van der Waals surface area contributed by atoms with Crippen molar-refractivity contribution in [3.63, 3.8) is 0 Å². The van der Waals surface area contributed by atoms with Gasteiger partial charge >= 0.3 is 0 Å². The number of hydrogen-bond donors (Lipinski definition) is 1. The van der Waals surface area contributed by atoms with Crippen molar-refractivity contribution in [2.45, 2.75) is 40.2 Å². The summed E-state index contributed by atoms with van der Waals surface area (Å²) in [6.07, 6.45) is 0.844. The Morgan fingerprint density at radius 3 is 2.53 bits per heavy atom. The molecule has 0 spiro atoms. The molecular formula is C11H20N2O2. The molecule has 2 amide bonds. The summed E-state index contributed by atoms with van der Waals surface area (Å²) in [4.78, 5) is 24.6. The van der Waals surface area contributed by atoms with Crippen molar-refractivity contribution < 1.29 is 9.59 Å². The smallest absolute Gasteiger partial charge is 0.246 e. The molecule has 0 aromatic rings. The van der Waals surface area contributed by atoms with Gasteiger partial charge in [0.15, 0.2) is 0 Å². The Morgan fingerprint density at radius 1 is 1.40 bits per heavy atom. The third-order valence-electron chi connectivity index (χ3n) is 2.58. The first kappa shape index (κ1) is 12.2. The topological polar surface area (TPSA) is 49.4 Å². The monoisotopic (exact) mass is 212 g/mol. The van der Waals surface area contributed by atoms with Crippen LogP contribution < -0.4 is 5.32 Å². The average Bonchev–Trinajstić information content (AvgIpc) is 2.10. The van der Waals surface area contributed by atoms with Crippen LogP contribution in [0.2, 0.25) is 0 Å². The maximum atomic E-state index is 11.7. The molecule has 0 aromatic heterocycles. The van der Waals surface area contributed by atoms with Gasteiger partial charge in [-0.1, -0.05) is 20.8 Å². The summed E-state index contributed by atoms with van der Waals surface area (Å²) < 4.78 is 0. The van der Waals surface area contributed by atoms with E-state index in [0.29, 0.717) is 6.54 Å². The number of amides is 2. The van der Waals surface area contributed by atoms with Gasteiger partial charge in [0.25, 0.3) is 0 Å². The molecule has 86 valence electrons. The fourth-order valence-corrected chi connectivity index (χ4v) is 1.46. The predicted molar refractivity (Wildman–Crippen MR) is 58.3 cm³/mol. The number of piperazine rings is 1. The fourth-order valence-electron chi connectivity index (χ4n) is 1.46. The van der Waals surface area contributed by atoms with Gasteiger partial charge < -0.3 is 0 Å². The minimum Gasteiger partial charge on any atom is -0.298 e. The SMILES string of the molecule is CC1NCC(=O)N(CCC(C)(C)C)C1=O. The summed E-state index contributed by atoms with van der Waals surface area (Å²) in [5, 5.41) is 2.87. The van der Waals surface area contributed by atoms with Crippen LogP contribution in [0.5, 0.6) is 0 Å². The van der Waals surface area contributed by atoms with Crippen LogP contribution in [0.15, 0.2) is 0 Å². The van der Waals surface area contributed by atoms with Crippen LogP contribution in [0.3, 0.4) is 0 Å². The van der Waals surface area contributed by atoms with Crippen molar-refractivity contribution in [3.8, 4) is 0 Å². The molecule has 1 saturated heterocycles. The van der Waals surface area contributed by atoms with Crippen LogP contribution in [-0.4, -0.2) is 35.8 Å². The van der Waals surface area contributed by atoms with Crippen LogP contribution in [0.1, 0.15) is 34.1 Å². The first-order valence-corrected chi connectivity index (χ1v) is 5.39. The van der Waals surface area contributed by atoms with E-state index in [-0.39, 0.29) is 29.8 Å². The van der Waals surface area contributed by atoms with E-state index in [2.05, 4.69) is 26.1 Å². The Labute approximate surface area is 91.0 Å². The zero-order valence-electron chi connectivity index (χ0n) is 9.96. The van der Waals surface area contributed by atoms with E-state index in [1.807, 2.05) is 0 Å². The lowest BCUT2D eigenvalue weighted by Gasteiger charge is -2.31. The Kier molecular flexibility index (Phi) is 3.50. The summed E-state index contributed by atoms with van der Waals surface area (Å²) >= 11 is 0. The number of nitrogens with one attached hydrogen (secondary N) is 1. The van der Waals surface area contributed by atoms with Crippen molar-refractivity contribution in [1.29, 1.82) is 0 Å². The summed E-state index contributed by atoms with van der Waals surface area (Å²) in [7, 11) is 0. The lowest BCUT2D eigenvalue weighted by Crippen LogP contribution is -2.57. The molecular weight excluding hydrogens is 192 g/mol. The zero-order chi connectivity index (χ0) is 11.6. The molecule has 4 heteroatoms. The maximum absolute atomic E-state index is 11.7. The number of hydrogen-bond acceptors (Lipinski definition) is 3. The Hall–Kier alpha value is -0.900. The van der Waals surface area contributed by atoms with Gasteiger partial charge in [-0.05, 0) is 18.8 Å². The molecule has 1 unspecified atom stereocenters. The normalized spacial score (nSPS) is 23.5. The van der Waals surface area contributed by atoms with Crippen molar-refractivity contribution in [2.75, 3.05) is 13.1 Å². The van der Waals surface area contributed by atoms with Crippen molar-refractivity contribution in [3.05, 3.63) is 0 Å². The third kappa shape index (κ3) is 3.30. The van der Waals surface area contributed by atoms with E-state index >= 15 is 0 Å². The van der Waals surface area contributed by atoms with Gasteiger partial charge in [0.05, 0.1) is 12.6 Å². The van der Waals surface area contributed by atoms with Gasteiger partial charge in [-0.25, -0.2) is 0 Å². The second-order valence-corrected chi connectivity index (χ2v) is 5.30. The van der Waals surface area contributed by atoms with E-state index in [0.717, 1.165) is 6.42 Å². The van der Waals surface area contributed by atoms with E-state index in [4.69, 9.17) is 0 Å². The predicted octanol–water partition coefficient (Wildman–Crippen LogP) is 0.769. The Bertz CT molecular complexity index is 268. The summed E-state index contributed by atoms with van der Waals surface area (Å²) in [5.74, 6) is -0.210. The lowest BCUT2D eigenvalue weighted by atomic mass is 9.92. The average molecular weight is 212 g/mol. The molecule has 0 aromatic carbocycles. The molecule has 1 atom stereocenters. The summed E-state index contributed by atoms with van der Waals surface area (Å²) in [6, 6.07) is -0.234. The van der Waals surface area contributed by atoms with E-state index in [9.17, 15) is 9.59 Å². The standard InChI is InChI=1S/C11H20N2O2/c1-8-10(15)13(9(14)7-12-8)6-5-11(2,3)4/h8,12H,5-7H2,1-4H3. The molecule has 1 N–H and O–H groups in total. The number of carbonyl (C=O) groups is 2. The highest BCUT2D eigenvalue weighted by Gasteiger charge is 2.31. The summed E-state index contributed by atoms with van der Waals surface area (Å²) in [6.45, 7) is 8.91. The molecule has 1 heterocycles. The Morgan fingerprint density at radius 2 is 2.00 bits per heavy atom. The molecule has 0 radical (unpaired) electrons. The van der Waals surface area contributed by atoms with Gasteiger partial charge in [0, 0.05) is 6.54 Å². The van der Waals surface area contributed by atoms with Gasteiger partial charge in [-0.15, -0.1) is 0 Å². The maximum Gasteiger partial charge on any atom is 0.246 e. The molecule has 0 bridgehead atoms.